The van der Waals surface area contributed by atoms with Gasteiger partial charge in [0, 0.05) is 24.8 Å². The maximum Gasteiger partial charge on any atom is 0.0590 e. The third-order valence-corrected chi connectivity index (χ3v) is 10.6. The highest BCUT2D eigenvalue weighted by Crippen LogP contribution is 2.61. The zero-order valence-corrected chi connectivity index (χ0v) is 20.7. The van der Waals surface area contributed by atoms with E-state index in [4.69, 9.17) is 0 Å². The van der Waals surface area contributed by atoms with Crippen molar-refractivity contribution >= 4 is 17.2 Å². The van der Waals surface area contributed by atoms with E-state index in [1.54, 1.807) is 0 Å². The Labute approximate surface area is 180 Å². The molecule has 0 bridgehead atoms. The van der Waals surface area contributed by atoms with Crippen LogP contribution in [0.5, 0.6) is 0 Å². The second-order valence-corrected chi connectivity index (χ2v) is 14.6. The van der Waals surface area contributed by atoms with Gasteiger partial charge in [-0.25, -0.2) is 0 Å². The highest BCUT2D eigenvalue weighted by Gasteiger charge is 2.39. The maximum absolute atomic E-state index is 4.44. The van der Waals surface area contributed by atoms with E-state index < -0.39 is 0 Å². The van der Waals surface area contributed by atoms with Crippen molar-refractivity contribution in [3.05, 3.63) is 83.5 Å². The fourth-order valence-corrected chi connectivity index (χ4v) is 8.71. The molecule has 0 aliphatic heterocycles. The zero-order valence-electron chi connectivity index (χ0n) is 18.6. The average molecular weight is 425 g/mol. The molecule has 1 unspecified atom stereocenters. The number of rotatable bonds is 5. The third kappa shape index (κ3) is 4.70. The van der Waals surface area contributed by atoms with Gasteiger partial charge in [0.05, 0.1) is 5.16 Å². The first-order valence-electron chi connectivity index (χ1n) is 10.3. The van der Waals surface area contributed by atoms with Gasteiger partial charge in [0.2, 0.25) is 0 Å². The Morgan fingerprint density at radius 3 is 1.83 bits per heavy atom. The molecule has 0 N–H and O–H groups in total. The molecule has 0 aromatic carbocycles. The van der Waals surface area contributed by atoms with Gasteiger partial charge in [-0.15, -0.1) is 9.24 Å². The molecule has 3 rings (SSSR count). The van der Waals surface area contributed by atoms with E-state index in [0.717, 1.165) is 12.6 Å². The normalized spacial score (nSPS) is 15.4. The van der Waals surface area contributed by atoms with Crippen LogP contribution >= 0.6 is 17.2 Å². The molecule has 1 atom stereocenters. The Bertz CT molecular complexity index is 834. The average Bonchev–Trinajstić information content (AvgIpc) is 3.14. The minimum atomic E-state index is -0.307. The van der Waals surface area contributed by atoms with Gasteiger partial charge in [0.15, 0.2) is 0 Å². The maximum atomic E-state index is 4.44. The number of allylic oxidation sites excluding steroid dienone is 4. The number of nitrogens with zero attached hydrogens (tertiary/aromatic N) is 2. The Morgan fingerprint density at radius 2 is 1.41 bits per heavy atom. The number of pyridine rings is 2. The molecule has 1 aliphatic carbocycles. The second kappa shape index (κ2) is 8.41. The molecule has 1 aliphatic rings. The fourth-order valence-electron chi connectivity index (χ4n) is 4.47. The molecule has 0 radical (unpaired) electrons. The van der Waals surface area contributed by atoms with Crippen molar-refractivity contribution in [2.45, 2.75) is 63.4 Å². The van der Waals surface area contributed by atoms with Gasteiger partial charge in [0.25, 0.3) is 0 Å². The number of aromatic nitrogens is 2. The second-order valence-electron chi connectivity index (χ2n) is 9.83. The molecule has 0 amide bonds. The Hall–Kier alpha value is -1.36. The van der Waals surface area contributed by atoms with Crippen LogP contribution in [0.3, 0.4) is 0 Å². The molecule has 2 aromatic rings. The van der Waals surface area contributed by atoms with Gasteiger partial charge < -0.3 is 0 Å². The van der Waals surface area contributed by atoms with Crippen molar-refractivity contribution in [1.29, 1.82) is 0 Å². The van der Waals surface area contributed by atoms with E-state index >= 15 is 0 Å². The quantitative estimate of drug-likeness (QED) is 0.486. The predicted octanol–water partition coefficient (Wildman–Crippen LogP) is 6.93. The van der Waals surface area contributed by atoms with Crippen LogP contribution in [0.15, 0.2) is 72.4 Å². The van der Waals surface area contributed by atoms with Crippen LogP contribution in [0, 0.1) is 0 Å². The Kier molecular flexibility index (Phi) is 6.47. The van der Waals surface area contributed by atoms with E-state index in [9.17, 15) is 0 Å². The predicted molar refractivity (Wildman–Crippen MR) is 131 cm³/mol. The molecular weight excluding hydrogens is 390 g/mol. The van der Waals surface area contributed by atoms with Gasteiger partial charge in [-0.2, -0.15) is 0 Å². The van der Waals surface area contributed by atoms with Crippen molar-refractivity contribution < 1.29 is 0 Å². The Morgan fingerprint density at radius 1 is 0.897 bits per heavy atom. The molecule has 154 valence electrons. The van der Waals surface area contributed by atoms with E-state index in [2.05, 4.69) is 85.0 Å². The summed E-state index contributed by atoms with van der Waals surface area (Å²) in [5.74, 6) is 0. The van der Waals surface area contributed by atoms with Crippen LogP contribution in [-0.2, 0) is 5.16 Å². The monoisotopic (exact) mass is 424 g/mol. The molecule has 4 heteroatoms. The van der Waals surface area contributed by atoms with Crippen LogP contribution in [0.25, 0.3) is 0 Å². The highest BCUT2D eigenvalue weighted by molar-refractivity contribution is 7.61. The summed E-state index contributed by atoms with van der Waals surface area (Å²) in [5.41, 5.74) is 5.35. The molecule has 0 saturated heterocycles. The van der Waals surface area contributed by atoms with Crippen LogP contribution < -0.4 is 0 Å². The van der Waals surface area contributed by atoms with Gasteiger partial charge in [-0.05, 0) is 57.3 Å². The number of hydrogen-bond acceptors (Lipinski definition) is 2. The van der Waals surface area contributed by atoms with Gasteiger partial charge in [-0.1, -0.05) is 73.7 Å². The lowest BCUT2D eigenvalue weighted by molar-refractivity contribution is 0.706. The van der Waals surface area contributed by atoms with Crippen LogP contribution in [0.4, 0.5) is 0 Å². The lowest BCUT2D eigenvalue weighted by Crippen LogP contribution is -2.28. The Balaban J connectivity index is 2.15. The molecule has 2 heterocycles. The van der Waals surface area contributed by atoms with Crippen molar-refractivity contribution in [3.8, 4) is 0 Å². The molecule has 29 heavy (non-hydrogen) atoms. The molecular formula is C25H34N2P2. The molecule has 2 nitrogen and oxygen atoms in total. The smallest absolute Gasteiger partial charge is 0.0590 e. The topological polar surface area (TPSA) is 25.8 Å². The first-order valence-corrected chi connectivity index (χ1v) is 12.4. The largest absolute Gasteiger partial charge is 0.264 e. The molecule has 0 saturated carbocycles. The first kappa shape index (κ1) is 22.3. The van der Waals surface area contributed by atoms with Crippen molar-refractivity contribution in [1.82, 2.24) is 9.97 Å². The van der Waals surface area contributed by atoms with E-state index in [0.29, 0.717) is 10.3 Å². The summed E-state index contributed by atoms with van der Waals surface area (Å²) in [6.07, 6.45) is 14.5. The SMILES string of the molecule is CC(C)(C)P(CC1=C(C(P)(c2cccnc2)c2cccnc2)CC=C1)C(C)(C)C. The van der Waals surface area contributed by atoms with Crippen molar-refractivity contribution in [2.24, 2.45) is 0 Å². The van der Waals surface area contributed by atoms with Gasteiger partial charge in [0.1, 0.15) is 0 Å². The van der Waals surface area contributed by atoms with Crippen molar-refractivity contribution in [3.63, 3.8) is 0 Å². The summed E-state index contributed by atoms with van der Waals surface area (Å²) >= 11 is 0. The van der Waals surface area contributed by atoms with Gasteiger partial charge in [-0.3, -0.25) is 9.97 Å². The minimum Gasteiger partial charge on any atom is -0.264 e. The van der Waals surface area contributed by atoms with Crippen molar-refractivity contribution in [2.75, 3.05) is 6.16 Å². The summed E-state index contributed by atoms with van der Waals surface area (Å²) in [4.78, 5) is 8.88. The van der Waals surface area contributed by atoms with Gasteiger partial charge >= 0.3 is 0 Å². The zero-order chi connectivity index (χ0) is 21.3. The standard InChI is InChI=1S/C25H34N2P2/c1-23(2,3)29(24(4,5)6)18-19-10-7-13-22(19)25(28,20-11-8-14-26-16-20)21-12-9-15-27-17-21/h7-12,14-17H,13,18,28H2,1-6H3. The summed E-state index contributed by atoms with van der Waals surface area (Å²) in [6, 6.07) is 8.44. The number of hydrogen-bond donors (Lipinski definition) is 0. The van der Waals surface area contributed by atoms with Crippen LogP contribution in [-0.4, -0.2) is 26.4 Å². The summed E-state index contributed by atoms with van der Waals surface area (Å²) < 4.78 is 0. The summed E-state index contributed by atoms with van der Waals surface area (Å²) in [6.45, 7) is 14.4. The summed E-state index contributed by atoms with van der Waals surface area (Å²) in [5, 5.41) is 0.292. The lowest BCUT2D eigenvalue weighted by atomic mass is 9.83. The minimum absolute atomic E-state index is 0.215. The van der Waals surface area contributed by atoms with Crippen LogP contribution in [0.2, 0.25) is 0 Å². The van der Waals surface area contributed by atoms with E-state index in [1.807, 2.05) is 36.9 Å². The highest BCUT2D eigenvalue weighted by atomic mass is 31.1. The molecule has 0 fully saturated rings. The first-order chi connectivity index (χ1) is 13.5. The molecule has 0 spiro atoms. The summed E-state index contributed by atoms with van der Waals surface area (Å²) in [7, 11) is 2.95. The molecule has 2 aromatic heterocycles. The van der Waals surface area contributed by atoms with E-state index in [1.165, 1.54) is 22.3 Å². The fraction of sp³-hybridized carbons (Fsp3) is 0.440. The van der Waals surface area contributed by atoms with Crippen LogP contribution in [0.1, 0.15) is 59.1 Å². The lowest BCUT2D eigenvalue weighted by Gasteiger charge is -2.43. The third-order valence-electron chi connectivity index (χ3n) is 5.69. The van der Waals surface area contributed by atoms with E-state index in [-0.39, 0.29) is 13.1 Å².